The number of hydrogen-bond donors (Lipinski definition) is 3. The molecule has 3 rings (SSSR count). The lowest BCUT2D eigenvalue weighted by atomic mass is 10.1. The van der Waals surface area contributed by atoms with Gasteiger partial charge in [0.15, 0.2) is 0 Å². The van der Waals surface area contributed by atoms with Crippen molar-refractivity contribution in [2.75, 3.05) is 11.9 Å². The molecule has 130 valence electrons. The molecule has 4 heteroatoms. The number of amides is 2. The van der Waals surface area contributed by atoms with Gasteiger partial charge in [0.05, 0.1) is 11.4 Å². The van der Waals surface area contributed by atoms with Gasteiger partial charge in [0.1, 0.15) is 0 Å². The van der Waals surface area contributed by atoms with Gasteiger partial charge in [-0.15, -0.1) is 0 Å². The number of urea groups is 1. The van der Waals surface area contributed by atoms with E-state index in [0.717, 1.165) is 34.3 Å². The van der Waals surface area contributed by atoms with Gasteiger partial charge in [-0.1, -0.05) is 61.9 Å². The fraction of sp³-hybridized carbons (Fsp3) is 0.286. The first kappa shape index (κ1) is 17.1. The second-order valence-electron chi connectivity index (χ2n) is 6.85. The minimum Gasteiger partial charge on any atom is -0.353 e. The van der Waals surface area contributed by atoms with Gasteiger partial charge in [-0.3, -0.25) is 0 Å². The number of aromatic amines is 1. The SMILES string of the molecule is Cc1ccc(-c2[nH]c3ccccc3c2NC(=O)NCCC(C)C)cc1. The number of aryl methyl sites for hydroxylation is 1. The fourth-order valence-corrected chi connectivity index (χ4v) is 2.84. The van der Waals surface area contributed by atoms with Crippen molar-refractivity contribution in [3.63, 3.8) is 0 Å². The van der Waals surface area contributed by atoms with E-state index in [4.69, 9.17) is 0 Å². The van der Waals surface area contributed by atoms with E-state index >= 15 is 0 Å². The van der Waals surface area contributed by atoms with Crippen LogP contribution >= 0.6 is 0 Å². The molecule has 0 saturated heterocycles. The van der Waals surface area contributed by atoms with Crippen molar-refractivity contribution in [2.24, 2.45) is 5.92 Å². The molecule has 2 amide bonds. The van der Waals surface area contributed by atoms with E-state index in [0.29, 0.717) is 12.5 Å². The van der Waals surface area contributed by atoms with E-state index in [2.05, 4.69) is 60.7 Å². The Morgan fingerprint density at radius 3 is 2.52 bits per heavy atom. The first-order valence-corrected chi connectivity index (χ1v) is 8.77. The van der Waals surface area contributed by atoms with Crippen molar-refractivity contribution >= 4 is 22.6 Å². The molecule has 4 nitrogen and oxygen atoms in total. The summed E-state index contributed by atoms with van der Waals surface area (Å²) < 4.78 is 0. The minimum absolute atomic E-state index is 0.168. The van der Waals surface area contributed by atoms with Gasteiger partial charge in [0, 0.05) is 23.0 Å². The van der Waals surface area contributed by atoms with Crippen LogP contribution in [0.4, 0.5) is 10.5 Å². The summed E-state index contributed by atoms with van der Waals surface area (Å²) in [6.07, 6.45) is 0.964. The lowest BCUT2D eigenvalue weighted by molar-refractivity contribution is 0.251. The van der Waals surface area contributed by atoms with Crippen LogP contribution < -0.4 is 10.6 Å². The average Bonchev–Trinajstić information content (AvgIpc) is 2.94. The molecule has 0 spiro atoms. The van der Waals surface area contributed by atoms with Gasteiger partial charge in [-0.05, 0) is 25.3 Å². The maximum Gasteiger partial charge on any atom is 0.319 e. The fourth-order valence-electron chi connectivity index (χ4n) is 2.84. The number of carbonyl (C=O) groups is 1. The van der Waals surface area contributed by atoms with Crippen LogP contribution in [0.3, 0.4) is 0 Å². The Hall–Kier alpha value is -2.75. The molecule has 3 N–H and O–H groups in total. The zero-order chi connectivity index (χ0) is 17.8. The number of fused-ring (bicyclic) bond motifs is 1. The number of carbonyl (C=O) groups excluding carboxylic acids is 1. The smallest absolute Gasteiger partial charge is 0.319 e. The Balaban J connectivity index is 1.91. The second-order valence-corrected chi connectivity index (χ2v) is 6.85. The molecule has 0 unspecified atom stereocenters. The third-order valence-electron chi connectivity index (χ3n) is 4.29. The predicted molar refractivity (Wildman–Crippen MR) is 105 cm³/mol. The Bertz CT molecular complexity index is 862. The van der Waals surface area contributed by atoms with Crippen molar-refractivity contribution in [2.45, 2.75) is 27.2 Å². The molecule has 2 aromatic carbocycles. The van der Waals surface area contributed by atoms with Crippen LogP contribution in [-0.4, -0.2) is 17.6 Å². The molecule has 0 aliphatic carbocycles. The summed E-state index contributed by atoms with van der Waals surface area (Å²) in [5.41, 5.74) is 5.03. The quantitative estimate of drug-likeness (QED) is 0.581. The van der Waals surface area contributed by atoms with Gasteiger partial charge in [-0.2, -0.15) is 0 Å². The van der Waals surface area contributed by atoms with E-state index in [9.17, 15) is 4.79 Å². The zero-order valence-corrected chi connectivity index (χ0v) is 15.0. The van der Waals surface area contributed by atoms with Gasteiger partial charge >= 0.3 is 6.03 Å². The minimum atomic E-state index is -0.168. The summed E-state index contributed by atoms with van der Waals surface area (Å²) >= 11 is 0. The summed E-state index contributed by atoms with van der Waals surface area (Å²) in [5, 5.41) is 6.99. The molecule has 0 atom stereocenters. The third-order valence-corrected chi connectivity index (χ3v) is 4.29. The third kappa shape index (κ3) is 4.02. The van der Waals surface area contributed by atoms with Crippen LogP contribution in [0.1, 0.15) is 25.8 Å². The number of nitrogens with one attached hydrogen (secondary N) is 3. The maximum atomic E-state index is 12.3. The number of benzene rings is 2. The van der Waals surface area contributed by atoms with Crippen LogP contribution in [0, 0.1) is 12.8 Å². The number of para-hydroxylation sites is 1. The lowest BCUT2D eigenvalue weighted by Crippen LogP contribution is -2.30. The summed E-state index contributed by atoms with van der Waals surface area (Å²) in [6.45, 7) is 7.03. The predicted octanol–water partition coefficient (Wildman–Crippen LogP) is 5.31. The Kier molecular flexibility index (Phi) is 5.08. The number of H-pyrrole nitrogens is 1. The molecule has 0 aliphatic rings. The second kappa shape index (κ2) is 7.43. The van der Waals surface area contributed by atoms with Crippen LogP contribution in [0.15, 0.2) is 48.5 Å². The van der Waals surface area contributed by atoms with E-state index in [-0.39, 0.29) is 6.03 Å². The lowest BCUT2D eigenvalue weighted by Gasteiger charge is -2.10. The molecule has 0 bridgehead atoms. The van der Waals surface area contributed by atoms with Gasteiger partial charge in [0.2, 0.25) is 0 Å². The standard InChI is InChI=1S/C21H25N3O/c1-14(2)12-13-22-21(25)24-20-17-6-4-5-7-18(17)23-19(20)16-10-8-15(3)9-11-16/h4-11,14,23H,12-13H2,1-3H3,(H2,22,24,25). The van der Waals surface area contributed by atoms with Crippen LogP contribution in [0.5, 0.6) is 0 Å². The van der Waals surface area contributed by atoms with Gasteiger partial charge in [-0.25, -0.2) is 4.79 Å². The Labute approximate surface area is 148 Å². The summed E-state index contributed by atoms with van der Waals surface area (Å²) in [5.74, 6) is 0.566. The van der Waals surface area contributed by atoms with Crippen LogP contribution in [-0.2, 0) is 0 Å². The molecule has 1 aromatic heterocycles. The molecule has 1 heterocycles. The van der Waals surface area contributed by atoms with Crippen molar-refractivity contribution in [3.8, 4) is 11.3 Å². The summed E-state index contributed by atoms with van der Waals surface area (Å²) in [4.78, 5) is 15.8. The molecule has 0 radical (unpaired) electrons. The van der Waals surface area contributed by atoms with Crippen molar-refractivity contribution < 1.29 is 4.79 Å². The molecular formula is C21H25N3O. The topological polar surface area (TPSA) is 56.9 Å². The highest BCUT2D eigenvalue weighted by molar-refractivity contribution is 6.07. The summed E-state index contributed by atoms with van der Waals surface area (Å²) in [7, 11) is 0. The average molecular weight is 335 g/mol. The van der Waals surface area contributed by atoms with Crippen LogP contribution in [0.25, 0.3) is 22.2 Å². The molecular weight excluding hydrogens is 310 g/mol. The van der Waals surface area contributed by atoms with Crippen LogP contribution in [0.2, 0.25) is 0 Å². The van der Waals surface area contributed by atoms with E-state index in [1.54, 1.807) is 0 Å². The van der Waals surface area contributed by atoms with Crippen molar-refractivity contribution in [3.05, 3.63) is 54.1 Å². The first-order chi connectivity index (χ1) is 12.0. The first-order valence-electron chi connectivity index (χ1n) is 8.77. The molecule has 0 aliphatic heterocycles. The Morgan fingerprint density at radius 2 is 1.80 bits per heavy atom. The molecule has 25 heavy (non-hydrogen) atoms. The van der Waals surface area contributed by atoms with Crippen molar-refractivity contribution in [1.29, 1.82) is 0 Å². The summed E-state index contributed by atoms with van der Waals surface area (Å²) in [6, 6.07) is 16.1. The highest BCUT2D eigenvalue weighted by Crippen LogP contribution is 2.35. The molecule has 0 saturated carbocycles. The highest BCUT2D eigenvalue weighted by Gasteiger charge is 2.15. The van der Waals surface area contributed by atoms with E-state index in [1.807, 2.05) is 24.3 Å². The Morgan fingerprint density at radius 1 is 1.08 bits per heavy atom. The number of rotatable bonds is 5. The van der Waals surface area contributed by atoms with E-state index in [1.165, 1.54) is 5.56 Å². The van der Waals surface area contributed by atoms with E-state index < -0.39 is 0 Å². The molecule has 0 fully saturated rings. The molecule has 3 aromatic rings. The van der Waals surface area contributed by atoms with Gasteiger partial charge in [0.25, 0.3) is 0 Å². The normalized spacial score (nSPS) is 11.0. The zero-order valence-electron chi connectivity index (χ0n) is 15.0. The van der Waals surface area contributed by atoms with Crippen molar-refractivity contribution in [1.82, 2.24) is 10.3 Å². The maximum absolute atomic E-state index is 12.3. The number of anilines is 1. The number of aromatic nitrogens is 1. The largest absolute Gasteiger partial charge is 0.353 e. The van der Waals surface area contributed by atoms with Gasteiger partial charge < -0.3 is 15.6 Å². The highest BCUT2D eigenvalue weighted by atomic mass is 16.2. The monoisotopic (exact) mass is 335 g/mol. The number of hydrogen-bond acceptors (Lipinski definition) is 1.